The van der Waals surface area contributed by atoms with Crippen LogP contribution >= 0.6 is 0 Å². The summed E-state index contributed by atoms with van der Waals surface area (Å²) in [5.74, 6) is -3.92. The van der Waals surface area contributed by atoms with E-state index in [1.165, 1.54) is 5.01 Å². The maximum Gasteiger partial charge on any atom is 0.402 e. The number of hydrogen-bond acceptors (Lipinski definition) is 4. The molecule has 1 fully saturated rings. The van der Waals surface area contributed by atoms with Gasteiger partial charge < -0.3 is 10.2 Å². The Bertz CT molecular complexity index is 755. The van der Waals surface area contributed by atoms with E-state index in [0.717, 1.165) is 30.7 Å². The molecule has 0 radical (unpaired) electrons. The van der Waals surface area contributed by atoms with Crippen LogP contribution in [0.25, 0.3) is 0 Å². The fourth-order valence-corrected chi connectivity index (χ4v) is 4.06. The van der Waals surface area contributed by atoms with Crippen LogP contribution in [0.15, 0.2) is 24.3 Å². The summed E-state index contributed by atoms with van der Waals surface area (Å²) < 4.78 is 40.3. The third kappa shape index (κ3) is 8.21. The molecule has 1 aromatic carbocycles. The number of unbranched alkanes of at least 4 members (excludes halogenated alkanes) is 6. The topological polar surface area (TPSA) is 81.1 Å². The molecule has 2 N–H and O–H groups in total. The first-order chi connectivity index (χ1) is 15.6. The van der Waals surface area contributed by atoms with Gasteiger partial charge >= 0.3 is 12.1 Å². The second-order valence-electron chi connectivity index (χ2n) is 8.65. The first-order valence-corrected chi connectivity index (χ1v) is 11.8. The molecular formula is C24H35F3N2O4. The van der Waals surface area contributed by atoms with Crippen LogP contribution in [0.2, 0.25) is 0 Å². The molecule has 1 amide bonds. The second kappa shape index (κ2) is 12.8. The molecular weight excluding hydrogens is 437 g/mol. The number of alkyl halides is 3. The summed E-state index contributed by atoms with van der Waals surface area (Å²) in [5.41, 5.74) is 1.18. The Morgan fingerprint density at radius 1 is 1.06 bits per heavy atom. The Morgan fingerprint density at radius 2 is 1.70 bits per heavy atom. The Labute approximate surface area is 193 Å². The van der Waals surface area contributed by atoms with Crippen molar-refractivity contribution in [2.24, 2.45) is 5.92 Å². The standard InChI is InChI=1S/C24H35F3N2O4/c1-2-3-4-7-10-21(30)18-12-14-19(15-13-18)29-17-20(24(25,26)27)23(33)28(29)16-9-6-5-8-11-22(31)32/h12-15,20-21,30H,2-11,16-17H2,1H3,(H,31,32). The smallest absolute Gasteiger partial charge is 0.402 e. The van der Waals surface area contributed by atoms with Gasteiger partial charge in [0.15, 0.2) is 5.92 Å². The molecule has 1 aliphatic rings. The predicted molar refractivity (Wildman–Crippen MR) is 119 cm³/mol. The number of hydrazine groups is 1. The van der Waals surface area contributed by atoms with Crippen LogP contribution in [-0.4, -0.2) is 46.4 Å². The molecule has 0 spiro atoms. The summed E-state index contributed by atoms with van der Waals surface area (Å²) in [6.07, 6.45) is 1.88. The molecule has 6 nitrogen and oxygen atoms in total. The van der Waals surface area contributed by atoms with Gasteiger partial charge in [0.05, 0.1) is 18.3 Å². The molecule has 1 aliphatic heterocycles. The Balaban J connectivity index is 2.02. The van der Waals surface area contributed by atoms with E-state index in [1.807, 2.05) is 0 Å². The quantitative estimate of drug-likeness (QED) is 0.351. The molecule has 0 bridgehead atoms. The predicted octanol–water partition coefficient (Wildman–Crippen LogP) is 5.47. The minimum Gasteiger partial charge on any atom is -0.481 e. The largest absolute Gasteiger partial charge is 0.481 e. The lowest BCUT2D eigenvalue weighted by Crippen LogP contribution is -2.40. The van der Waals surface area contributed by atoms with Gasteiger partial charge in [0.1, 0.15) is 0 Å². The van der Waals surface area contributed by atoms with Crippen molar-refractivity contribution in [2.75, 3.05) is 18.1 Å². The number of carbonyl (C=O) groups excluding carboxylic acids is 1. The van der Waals surface area contributed by atoms with Crippen molar-refractivity contribution in [3.63, 3.8) is 0 Å². The number of aliphatic hydroxyl groups is 1. The summed E-state index contributed by atoms with van der Waals surface area (Å²) in [5, 5.41) is 21.6. The van der Waals surface area contributed by atoms with Crippen LogP contribution in [-0.2, 0) is 9.59 Å². The molecule has 2 atom stereocenters. The van der Waals surface area contributed by atoms with Gasteiger partial charge in [0, 0.05) is 13.0 Å². The average molecular weight is 473 g/mol. The van der Waals surface area contributed by atoms with Crippen LogP contribution in [0.5, 0.6) is 0 Å². The number of nitrogens with zero attached hydrogens (tertiary/aromatic N) is 2. The minimum absolute atomic E-state index is 0.0573. The number of amides is 1. The van der Waals surface area contributed by atoms with Gasteiger partial charge in [-0.15, -0.1) is 0 Å². The van der Waals surface area contributed by atoms with E-state index in [-0.39, 0.29) is 13.0 Å². The van der Waals surface area contributed by atoms with Crippen molar-refractivity contribution < 1.29 is 33.0 Å². The maximum absolute atomic E-state index is 13.4. The number of carboxylic acid groups (broad SMARTS) is 1. The number of anilines is 1. The number of aliphatic hydroxyl groups excluding tert-OH is 1. The highest BCUT2D eigenvalue weighted by Crippen LogP contribution is 2.36. The molecule has 9 heteroatoms. The number of rotatable bonds is 14. The summed E-state index contributed by atoms with van der Waals surface area (Å²) in [6, 6.07) is 6.71. The SMILES string of the molecule is CCCCCCC(O)c1ccc(N2CC(C(F)(F)F)C(=O)N2CCCCCCC(=O)O)cc1. The highest BCUT2D eigenvalue weighted by atomic mass is 19.4. The van der Waals surface area contributed by atoms with E-state index in [0.29, 0.717) is 43.4 Å². The number of aliphatic carboxylic acids is 1. The van der Waals surface area contributed by atoms with Gasteiger partial charge in [-0.25, -0.2) is 0 Å². The minimum atomic E-state index is -4.62. The molecule has 0 aliphatic carbocycles. The summed E-state index contributed by atoms with van der Waals surface area (Å²) in [6.45, 7) is 1.78. The third-order valence-electron chi connectivity index (χ3n) is 6.01. The number of hydrogen-bond donors (Lipinski definition) is 2. The lowest BCUT2D eigenvalue weighted by molar-refractivity contribution is -0.178. The normalized spacial score (nSPS) is 17.6. The van der Waals surface area contributed by atoms with Crippen LogP contribution in [0.3, 0.4) is 0 Å². The van der Waals surface area contributed by atoms with Gasteiger partial charge in [0.25, 0.3) is 5.91 Å². The Kier molecular flexibility index (Phi) is 10.5. The zero-order valence-electron chi connectivity index (χ0n) is 19.2. The average Bonchev–Trinajstić information content (AvgIpc) is 3.10. The summed E-state index contributed by atoms with van der Waals surface area (Å²) in [4.78, 5) is 23.1. The molecule has 0 aromatic heterocycles. The van der Waals surface area contributed by atoms with Crippen LogP contribution in [0.1, 0.15) is 82.8 Å². The molecule has 0 saturated carbocycles. The van der Waals surface area contributed by atoms with Gasteiger partial charge in [-0.1, -0.05) is 57.6 Å². The van der Waals surface area contributed by atoms with Crippen molar-refractivity contribution in [2.45, 2.75) is 83.4 Å². The number of benzene rings is 1. The number of halogens is 3. The lowest BCUT2D eigenvalue weighted by atomic mass is 10.0. The number of carbonyl (C=O) groups is 2. The van der Waals surface area contributed by atoms with E-state index in [4.69, 9.17) is 5.11 Å². The molecule has 1 heterocycles. The van der Waals surface area contributed by atoms with Crippen LogP contribution < -0.4 is 5.01 Å². The molecule has 1 aromatic rings. The van der Waals surface area contributed by atoms with E-state index >= 15 is 0 Å². The fourth-order valence-electron chi connectivity index (χ4n) is 4.06. The highest BCUT2D eigenvalue weighted by Gasteiger charge is 2.53. The zero-order valence-corrected chi connectivity index (χ0v) is 19.2. The summed E-state index contributed by atoms with van der Waals surface area (Å²) >= 11 is 0. The first kappa shape index (κ1) is 27.0. The van der Waals surface area contributed by atoms with Crippen molar-refractivity contribution in [1.29, 1.82) is 0 Å². The van der Waals surface area contributed by atoms with E-state index in [1.54, 1.807) is 24.3 Å². The molecule has 2 unspecified atom stereocenters. The third-order valence-corrected chi connectivity index (χ3v) is 6.01. The van der Waals surface area contributed by atoms with Gasteiger partial charge in [-0.3, -0.25) is 19.6 Å². The Hall–Kier alpha value is -2.29. The number of carboxylic acids is 1. The van der Waals surface area contributed by atoms with Gasteiger partial charge in [-0.05, 0) is 37.0 Å². The van der Waals surface area contributed by atoms with E-state index in [9.17, 15) is 27.9 Å². The fraction of sp³-hybridized carbons (Fsp3) is 0.667. The van der Waals surface area contributed by atoms with Crippen LogP contribution in [0.4, 0.5) is 18.9 Å². The molecule has 1 saturated heterocycles. The maximum atomic E-state index is 13.4. The lowest BCUT2D eigenvalue weighted by Gasteiger charge is -2.30. The molecule has 2 rings (SSSR count). The van der Waals surface area contributed by atoms with Crippen molar-refractivity contribution in [3.8, 4) is 0 Å². The second-order valence-corrected chi connectivity index (χ2v) is 8.65. The molecule has 186 valence electrons. The van der Waals surface area contributed by atoms with E-state index < -0.39 is 36.6 Å². The van der Waals surface area contributed by atoms with Gasteiger partial charge in [0.2, 0.25) is 0 Å². The van der Waals surface area contributed by atoms with Crippen molar-refractivity contribution >= 4 is 17.6 Å². The van der Waals surface area contributed by atoms with E-state index in [2.05, 4.69) is 6.92 Å². The monoisotopic (exact) mass is 472 g/mol. The zero-order chi connectivity index (χ0) is 24.4. The van der Waals surface area contributed by atoms with Crippen LogP contribution in [0, 0.1) is 5.92 Å². The van der Waals surface area contributed by atoms with Crippen molar-refractivity contribution in [1.82, 2.24) is 5.01 Å². The molecule has 33 heavy (non-hydrogen) atoms. The van der Waals surface area contributed by atoms with Crippen molar-refractivity contribution in [3.05, 3.63) is 29.8 Å². The van der Waals surface area contributed by atoms with Gasteiger partial charge in [-0.2, -0.15) is 13.2 Å². The first-order valence-electron chi connectivity index (χ1n) is 11.8. The highest BCUT2D eigenvalue weighted by molar-refractivity contribution is 5.85. The summed E-state index contributed by atoms with van der Waals surface area (Å²) in [7, 11) is 0. The Morgan fingerprint density at radius 3 is 2.30 bits per heavy atom.